The number of aromatic nitrogens is 4. The summed E-state index contributed by atoms with van der Waals surface area (Å²) in [4.78, 5) is 4.77. The lowest BCUT2D eigenvalue weighted by atomic mass is 10.1. The lowest BCUT2D eigenvalue weighted by Gasteiger charge is -2.10. The number of aryl methyl sites for hydroxylation is 4. The van der Waals surface area contributed by atoms with Crippen molar-refractivity contribution in [3.63, 3.8) is 0 Å². The van der Waals surface area contributed by atoms with E-state index in [1.807, 2.05) is 36.4 Å². The third kappa shape index (κ3) is 10.1. The third-order valence-electron chi connectivity index (χ3n) is 14.7. The zero-order chi connectivity index (χ0) is 53.7. The average molecular weight is 1020 g/mol. The van der Waals surface area contributed by atoms with E-state index < -0.39 is 0 Å². The summed E-state index contributed by atoms with van der Waals surface area (Å²) in [5.41, 5.74) is 20.7. The topological polar surface area (TPSA) is 27.7 Å². The van der Waals surface area contributed by atoms with Gasteiger partial charge in [0.2, 0.25) is 0 Å². The van der Waals surface area contributed by atoms with Gasteiger partial charge in [0.05, 0.1) is 44.5 Å². The van der Waals surface area contributed by atoms with Crippen molar-refractivity contribution in [1.82, 2.24) is 18.7 Å². The van der Waals surface area contributed by atoms with Crippen molar-refractivity contribution < 1.29 is 0 Å². The van der Waals surface area contributed by atoms with Crippen LogP contribution in [0.3, 0.4) is 0 Å². The van der Waals surface area contributed by atoms with Gasteiger partial charge in [0.15, 0.2) is 0 Å². The Bertz CT molecular complexity index is 4420. The minimum atomic E-state index is 1.03. The maximum Gasteiger partial charge on any atom is 0.0712 e. The molecule has 4 nitrogen and oxygen atoms in total. The summed E-state index contributed by atoms with van der Waals surface area (Å²) in [7, 11) is 0. The number of benzene rings is 11. The van der Waals surface area contributed by atoms with Crippen LogP contribution in [0.1, 0.15) is 22.3 Å². The predicted octanol–water partition coefficient (Wildman–Crippen LogP) is 20.0. The zero-order valence-electron chi connectivity index (χ0n) is 45.0. The molecule has 0 radical (unpaired) electrons. The van der Waals surface area contributed by atoms with E-state index in [4.69, 9.17) is 4.98 Å². The molecule has 0 aliphatic rings. The van der Waals surface area contributed by atoms with Gasteiger partial charge >= 0.3 is 0 Å². The van der Waals surface area contributed by atoms with Crippen LogP contribution in [0.15, 0.2) is 291 Å². The van der Waals surface area contributed by atoms with E-state index in [9.17, 15) is 0 Å². The Morgan fingerprint density at radius 2 is 0.608 bits per heavy atom. The Morgan fingerprint density at radius 3 is 1.09 bits per heavy atom. The molecule has 0 N–H and O–H groups in total. The number of para-hydroxylation sites is 7. The highest BCUT2D eigenvalue weighted by Crippen LogP contribution is 2.35. The molecular formula is C75H60N4. The molecule has 0 saturated heterocycles. The van der Waals surface area contributed by atoms with Gasteiger partial charge in [-0.15, -0.1) is 0 Å². The molecular weight excluding hydrogens is 957 g/mol. The van der Waals surface area contributed by atoms with Crippen LogP contribution in [-0.4, -0.2) is 18.7 Å². The lowest BCUT2D eigenvalue weighted by Crippen LogP contribution is -1.96. The molecule has 0 amide bonds. The van der Waals surface area contributed by atoms with Gasteiger partial charge in [-0.05, 0) is 129 Å². The van der Waals surface area contributed by atoms with Crippen LogP contribution < -0.4 is 0 Å². The van der Waals surface area contributed by atoms with Crippen molar-refractivity contribution in [3.05, 3.63) is 313 Å². The first-order valence-corrected chi connectivity index (χ1v) is 27.1. The fourth-order valence-electron chi connectivity index (χ4n) is 11.1. The van der Waals surface area contributed by atoms with Crippen LogP contribution in [0.2, 0.25) is 0 Å². The van der Waals surface area contributed by atoms with E-state index in [0.29, 0.717) is 0 Å². The van der Waals surface area contributed by atoms with Gasteiger partial charge in [-0.3, -0.25) is 0 Å². The van der Waals surface area contributed by atoms with Gasteiger partial charge in [-0.2, -0.15) is 0 Å². The second-order valence-corrected chi connectivity index (χ2v) is 20.2. The van der Waals surface area contributed by atoms with Crippen LogP contribution in [0.4, 0.5) is 0 Å². The first-order valence-electron chi connectivity index (χ1n) is 27.1. The molecule has 11 aromatic carbocycles. The number of fused-ring (bicyclic) bond motifs is 9. The summed E-state index contributed by atoms with van der Waals surface area (Å²) < 4.78 is 7.04. The third-order valence-corrected chi connectivity index (χ3v) is 14.7. The first kappa shape index (κ1) is 49.8. The van der Waals surface area contributed by atoms with Crippen molar-refractivity contribution in [2.45, 2.75) is 27.7 Å². The number of nitrogens with zero attached hydrogens (tertiary/aromatic N) is 4. The minimum absolute atomic E-state index is 1.03. The van der Waals surface area contributed by atoms with Gasteiger partial charge in [-0.1, -0.05) is 212 Å². The van der Waals surface area contributed by atoms with Crippen LogP contribution in [0.25, 0.3) is 105 Å². The van der Waals surface area contributed by atoms with E-state index in [1.54, 1.807) is 0 Å². The highest BCUT2D eigenvalue weighted by atomic mass is 15.0. The molecule has 0 saturated carbocycles. The Morgan fingerprint density at radius 1 is 0.241 bits per heavy atom. The van der Waals surface area contributed by atoms with Gasteiger partial charge in [0, 0.05) is 60.5 Å². The fourth-order valence-corrected chi connectivity index (χ4v) is 11.1. The highest BCUT2D eigenvalue weighted by Gasteiger charge is 2.15. The molecule has 0 bridgehead atoms. The average Bonchev–Trinajstić information content (AvgIpc) is 4.32. The van der Waals surface area contributed by atoms with E-state index in [1.165, 1.54) is 105 Å². The van der Waals surface area contributed by atoms with E-state index in [0.717, 1.165) is 22.5 Å². The smallest absolute Gasteiger partial charge is 0.0712 e. The molecule has 0 fully saturated rings. The van der Waals surface area contributed by atoms with Crippen molar-refractivity contribution in [2.24, 2.45) is 0 Å². The van der Waals surface area contributed by atoms with Crippen LogP contribution in [0.5, 0.6) is 0 Å². The van der Waals surface area contributed by atoms with E-state index >= 15 is 0 Å². The van der Waals surface area contributed by atoms with Crippen molar-refractivity contribution >= 4 is 65.4 Å². The van der Waals surface area contributed by atoms with Crippen molar-refractivity contribution in [2.75, 3.05) is 0 Å². The van der Waals surface area contributed by atoms with Gasteiger partial charge in [0.25, 0.3) is 0 Å². The summed E-state index contributed by atoms with van der Waals surface area (Å²) in [5.74, 6) is 0. The molecule has 4 heterocycles. The molecule has 4 aromatic heterocycles. The summed E-state index contributed by atoms with van der Waals surface area (Å²) >= 11 is 0. The molecule has 0 aliphatic carbocycles. The highest BCUT2D eigenvalue weighted by molar-refractivity contribution is 6.11. The van der Waals surface area contributed by atoms with E-state index in [-0.39, 0.29) is 0 Å². The second kappa shape index (κ2) is 22.3. The summed E-state index contributed by atoms with van der Waals surface area (Å²) in [5, 5.41) is 7.88. The molecule has 0 aliphatic heterocycles. The summed E-state index contributed by atoms with van der Waals surface area (Å²) in [6, 6.07) is 102. The summed E-state index contributed by atoms with van der Waals surface area (Å²) in [6.45, 7) is 8.56. The second-order valence-electron chi connectivity index (χ2n) is 20.2. The standard InChI is InChI=1S/3C19H15N.C18H15N/c1-14-8-2-5-11-17(14)20-18-12-6-3-9-15(18)16-10-4-7-13-19(16)20;1-14-7-6-8-15(13-14)20-18-11-4-2-9-16(18)17-10-3-5-12-19(17)20;1-14-11-12-19-17(13-14)16-9-5-6-10-18(16)20(19)15-7-3-2-4-8-15;1-14-12-17(15-8-4-2-5-9-15)19-18(13-14)16-10-6-3-7-11-16/h3*2-13H,1H3;2-13H,1H3. The molecule has 4 heteroatoms. The van der Waals surface area contributed by atoms with Gasteiger partial charge < -0.3 is 13.7 Å². The van der Waals surface area contributed by atoms with E-state index in [2.05, 4.69) is 296 Å². The Hall–Kier alpha value is -10.0. The number of pyridine rings is 1. The fraction of sp³-hybridized carbons (Fsp3) is 0.0533. The molecule has 15 rings (SSSR count). The molecule has 0 atom stereocenters. The normalized spacial score (nSPS) is 11.0. The largest absolute Gasteiger partial charge is 0.309 e. The quantitative estimate of drug-likeness (QED) is 0.169. The Balaban J connectivity index is 0.000000105. The Labute approximate surface area is 462 Å². The summed E-state index contributed by atoms with van der Waals surface area (Å²) in [6.07, 6.45) is 0. The predicted molar refractivity (Wildman–Crippen MR) is 336 cm³/mol. The zero-order valence-corrected chi connectivity index (χ0v) is 45.0. The maximum absolute atomic E-state index is 4.77. The Kier molecular flexibility index (Phi) is 14.1. The molecule has 15 aromatic rings. The number of hydrogen-bond acceptors (Lipinski definition) is 1. The van der Waals surface area contributed by atoms with Gasteiger partial charge in [0.1, 0.15) is 0 Å². The maximum atomic E-state index is 4.77. The number of rotatable bonds is 5. The SMILES string of the molecule is Cc1cc(-c2ccccc2)nc(-c2ccccc2)c1.Cc1ccc2c(c1)c1ccccc1n2-c1ccccc1.Cc1cccc(-n2c3ccccc3c3ccccc32)c1.Cc1ccccc1-n1c2ccccc2c2ccccc21. The van der Waals surface area contributed by atoms with Crippen LogP contribution >= 0.6 is 0 Å². The first-order chi connectivity index (χ1) is 38.9. The van der Waals surface area contributed by atoms with Crippen LogP contribution in [0, 0.1) is 27.7 Å². The molecule has 380 valence electrons. The lowest BCUT2D eigenvalue weighted by molar-refractivity contribution is 1.15. The monoisotopic (exact) mass is 1020 g/mol. The van der Waals surface area contributed by atoms with Crippen LogP contribution in [-0.2, 0) is 0 Å². The molecule has 0 unspecified atom stereocenters. The van der Waals surface area contributed by atoms with Crippen molar-refractivity contribution in [3.8, 4) is 39.6 Å². The number of hydrogen-bond donors (Lipinski definition) is 0. The minimum Gasteiger partial charge on any atom is -0.309 e. The molecule has 0 spiro atoms. The molecule has 79 heavy (non-hydrogen) atoms. The van der Waals surface area contributed by atoms with Gasteiger partial charge in [-0.25, -0.2) is 4.98 Å². The van der Waals surface area contributed by atoms with Crippen molar-refractivity contribution in [1.29, 1.82) is 0 Å².